The zero-order valence-electron chi connectivity index (χ0n) is 15.9. The number of rotatable bonds is 7. The third-order valence-corrected chi connectivity index (χ3v) is 4.86. The van der Waals surface area contributed by atoms with Crippen LogP contribution < -0.4 is 11.1 Å². The fourth-order valence-corrected chi connectivity index (χ4v) is 3.35. The van der Waals surface area contributed by atoms with Crippen molar-refractivity contribution in [1.29, 1.82) is 0 Å². The predicted molar refractivity (Wildman–Crippen MR) is 104 cm³/mol. The summed E-state index contributed by atoms with van der Waals surface area (Å²) in [6, 6.07) is 7.36. The first-order valence-corrected chi connectivity index (χ1v) is 9.46. The number of carbonyl (C=O) groups excluding carboxylic acids is 3. The molecule has 28 heavy (non-hydrogen) atoms. The lowest BCUT2D eigenvalue weighted by atomic mass is 10.1. The number of hydrogen-bond acceptors (Lipinski definition) is 4. The van der Waals surface area contributed by atoms with E-state index in [0.717, 1.165) is 11.1 Å². The summed E-state index contributed by atoms with van der Waals surface area (Å²) < 4.78 is 1.66. The van der Waals surface area contributed by atoms with Gasteiger partial charge in [-0.05, 0) is 31.0 Å². The maximum atomic E-state index is 12.9. The molecule has 1 unspecified atom stereocenters. The number of likely N-dealkylation sites (tertiary alicyclic amines) is 1. The molecule has 148 valence electrons. The molecule has 1 atom stereocenters. The normalized spacial score (nSPS) is 16.2. The molecule has 8 nitrogen and oxygen atoms in total. The van der Waals surface area contributed by atoms with Gasteiger partial charge in [-0.3, -0.25) is 19.1 Å². The van der Waals surface area contributed by atoms with E-state index in [4.69, 9.17) is 5.73 Å². The Morgan fingerprint density at radius 3 is 2.86 bits per heavy atom. The number of nitrogens with one attached hydrogen (secondary N) is 1. The Kier molecular flexibility index (Phi) is 6.08. The number of carbonyl (C=O) groups is 3. The molecule has 3 N–H and O–H groups in total. The SMILES string of the molecule is CCNC(=O)C1CCN(C(=O)c2cccc(-c3cnn(CCC(N)=O)c3)c2)C1. The molecule has 1 saturated heterocycles. The highest BCUT2D eigenvalue weighted by atomic mass is 16.2. The zero-order chi connectivity index (χ0) is 20.1. The average molecular weight is 383 g/mol. The molecule has 8 heteroatoms. The fraction of sp³-hybridized carbons (Fsp3) is 0.400. The Bertz CT molecular complexity index is 876. The Morgan fingerprint density at radius 1 is 1.29 bits per heavy atom. The van der Waals surface area contributed by atoms with Crippen LogP contribution in [-0.2, 0) is 16.1 Å². The molecule has 0 spiro atoms. The van der Waals surface area contributed by atoms with Gasteiger partial charge >= 0.3 is 0 Å². The van der Waals surface area contributed by atoms with Gasteiger partial charge in [0.1, 0.15) is 0 Å². The van der Waals surface area contributed by atoms with Gasteiger partial charge < -0.3 is 16.0 Å². The predicted octanol–water partition coefficient (Wildman–Crippen LogP) is 1.02. The van der Waals surface area contributed by atoms with Crippen molar-refractivity contribution in [2.75, 3.05) is 19.6 Å². The van der Waals surface area contributed by atoms with E-state index >= 15 is 0 Å². The van der Waals surface area contributed by atoms with E-state index in [2.05, 4.69) is 10.4 Å². The lowest BCUT2D eigenvalue weighted by Gasteiger charge is -2.17. The molecule has 1 aromatic carbocycles. The molecular weight excluding hydrogens is 358 g/mol. The van der Waals surface area contributed by atoms with Crippen LogP contribution in [0.4, 0.5) is 0 Å². The Morgan fingerprint density at radius 2 is 2.11 bits per heavy atom. The van der Waals surface area contributed by atoms with Gasteiger partial charge in [-0.2, -0.15) is 5.10 Å². The van der Waals surface area contributed by atoms with Gasteiger partial charge in [0.2, 0.25) is 11.8 Å². The molecule has 1 aliphatic heterocycles. The van der Waals surface area contributed by atoms with Crippen molar-refractivity contribution < 1.29 is 14.4 Å². The summed E-state index contributed by atoms with van der Waals surface area (Å²) in [4.78, 5) is 37.5. The van der Waals surface area contributed by atoms with Crippen molar-refractivity contribution in [1.82, 2.24) is 20.0 Å². The molecule has 2 aromatic rings. The molecule has 0 bridgehead atoms. The molecule has 1 fully saturated rings. The maximum absolute atomic E-state index is 12.9. The molecule has 0 saturated carbocycles. The molecular formula is C20H25N5O3. The largest absolute Gasteiger partial charge is 0.370 e. The van der Waals surface area contributed by atoms with Crippen molar-refractivity contribution >= 4 is 17.7 Å². The Labute approximate surface area is 163 Å². The third-order valence-electron chi connectivity index (χ3n) is 4.86. The standard InChI is InChI=1S/C20H25N5O3/c1-2-22-19(27)16-6-8-24(12-16)20(28)15-5-3-4-14(10-15)17-11-23-25(13-17)9-7-18(21)26/h3-5,10-11,13,16H,2,6-9,12H2,1H3,(H2,21,26)(H,22,27). The van der Waals surface area contributed by atoms with Gasteiger partial charge in [0.25, 0.3) is 5.91 Å². The third kappa shape index (κ3) is 4.57. The number of aromatic nitrogens is 2. The van der Waals surface area contributed by atoms with Crippen LogP contribution in [0.3, 0.4) is 0 Å². The first-order chi connectivity index (χ1) is 13.5. The van der Waals surface area contributed by atoms with Crippen LogP contribution in [0.1, 0.15) is 30.1 Å². The Hall–Kier alpha value is -3.16. The summed E-state index contributed by atoms with van der Waals surface area (Å²) in [5.41, 5.74) is 7.48. The van der Waals surface area contributed by atoms with E-state index in [1.54, 1.807) is 21.8 Å². The van der Waals surface area contributed by atoms with E-state index in [9.17, 15) is 14.4 Å². The van der Waals surface area contributed by atoms with Crippen molar-refractivity contribution in [2.24, 2.45) is 11.7 Å². The second-order valence-corrected chi connectivity index (χ2v) is 6.92. The van der Waals surface area contributed by atoms with Crippen LogP contribution >= 0.6 is 0 Å². The summed E-state index contributed by atoms with van der Waals surface area (Å²) in [6.07, 6.45) is 4.43. The average Bonchev–Trinajstić information content (AvgIpc) is 3.36. The lowest BCUT2D eigenvalue weighted by molar-refractivity contribution is -0.124. The van der Waals surface area contributed by atoms with Crippen molar-refractivity contribution in [3.63, 3.8) is 0 Å². The summed E-state index contributed by atoms with van der Waals surface area (Å²) >= 11 is 0. The molecule has 1 aromatic heterocycles. The van der Waals surface area contributed by atoms with Crippen molar-refractivity contribution in [3.8, 4) is 11.1 Å². The van der Waals surface area contributed by atoms with Crippen LogP contribution in [0, 0.1) is 5.92 Å². The smallest absolute Gasteiger partial charge is 0.253 e. The molecule has 0 radical (unpaired) electrons. The van der Waals surface area contributed by atoms with E-state index < -0.39 is 0 Å². The van der Waals surface area contributed by atoms with Gasteiger partial charge in [-0.25, -0.2) is 0 Å². The number of benzene rings is 1. The number of primary amides is 1. The number of aryl methyl sites for hydroxylation is 1. The minimum absolute atomic E-state index is 0.00919. The van der Waals surface area contributed by atoms with E-state index in [-0.39, 0.29) is 30.1 Å². The van der Waals surface area contributed by atoms with Gasteiger partial charge in [-0.15, -0.1) is 0 Å². The molecule has 0 aliphatic carbocycles. The Balaban J connectivity index is 1.69. The number of nitrogens with two attached hydrogens (primary N) is 1. The summed E-state index contributed by atoms with van der Waals surface area (Å²) in [5, 5.41) is 7.05. The monoisotopic (exact) mass is 383 g/mol. The molecule has 1 aliphatic rings. The van der Waals surface area contributed by atoms with Crippen LogP contribution in [0.25, 0.3) is 11.1 Å². The van der Waals surface area contributed by atoms with Crippen molar-refractivity contribution in [3.05, 3.63) is 42.2 Å². The number of amides is 3. The van der Waals surface area contributed by atoms with Crippen LogP contribution in [0.5, 0.6) is 0 Å². The quantitative estimate of drug-likeness (QED) is 0.744. The lowest BCUT2D eigenvalue weighted by Crippen LogP contribution is -2.34. The second-order valence-electron chi connectivity index (χ2n) is 6.92. The zero-order valence-corrected chi connectivity index (χ0v) is 15.9. The van der Waals surface area contributed by atoms with Crippen LogP contribution in [0.2, 0.25) is 0 Å². The van der Waals surface area contributed by atoms with Crippen LogP contribution in [-0.4, -0.2) is 52.0 Å². The summed E-state index contributed by atoms with van der Waals surface area (Å²) in [5.74, 6) is -0.582. The van der Waals surface area contributed by atoms with E-state index in [0.29, 0.717) is 38.2 Å². The number of hydrogen-bond donors (Lipinski definition) is 2. The first kappa shape index (κ1) is 19.6. The summed E-state index contributed by atoms with van der Waals surface area (Å²) in [7, 11) is 0. The first-order valence-electron chi connectivity index (χ1n) is 9.46. The second kappa shape index (κ2) is 8.69. The number of nitrogens with zero attached hydrogens (tertiary/aromatic N) is 3. The minimum Gasteiger partial charge on any atom is -0.370 e. The minimum atomic E-state index is -0.374. The highest BCUT2D eigenvalue weighted by molar-refractivity contribution is 5.96. The highest BCUT2D eigenvalue weighted by Gasteiger charge is 2.31. The van der Waals surface area contributed by atoms with Crippen LogP contribution in [0.15, 0.2) is 36.7 Å². The fourth-order valence-electron chi connectivity index (χ4n) is 3.35. The molecule has 2 heterocycles. The molecule has 3 rings (SSSR count). The topological polar surface area (TPSA) is 110 Å². The maximum Gasteiger partial charge on any atom is 0.253 e. The van der Waals surface area contributed by atoms with E-state index in [1.165, 1.54) is 0 Å². The van der Waals surface area contributed by atoms with Gasteiger partial charge in [-0.1, -0.05) is 12.1 Å². The van der Waals surface area contributed by atoms with Gasteiger partial charge in [0.15, 0.2) is 0 Å². The van der Waals surface area contributed by atoms with Crippen molar-refractivity contribution in [2.45, 2.75) is 26.3 Å². The van der Waals surface area contributed by atoms with Gasteiger partial charge in [0, 0.05) is 49.9 Å². The van der Waals surface area contributed by atoms with E-state index in [1.807, 2.05) is 31.3 Å². The highest BCUT2D eigenvalue weighted by Crippen LogP contribution is 2.23. The molecule has 3 amide bonds. The van der Waals surface area contributed by atoms with Gasteiger partial charge in [0.05, 0.1) is 12.1 Å². The summed E-state index contributed by atoms with van der Waals surface area (Å²) in [6.45, 7) is 3.93.